The molecule has 19 heavy (non-hydrogen) atoms. The van der Waals surface area contributed by atoms with Gasteiger partial charge in [0.1, 0.15) is 5.01 Å². The molecule has 104 valence electrons. The Morgan fingerprint density at radius 3 is 2.74 bits per heavy atom. The van der Waals surface area contributed by atoms with E-state index in [2.05, 4.69) is 10.3 Å². The van der Waals surface area contributed by atoms with E-state index >= 15 is 0 Å². The van der Waals surface area contributed by atoms with E-state index in [1.54, 1.807) is 6.20 Å². The number of aliphatic carboxylic acids is 1. The molecule has 0 bridgehead atoms. The first-order chi connectivity index (χ1) is 8.97. The highest BCUT2D eigenvalue weighted by Crippen LogP contribution is 2.36. The molecule has 0 saturated heterocycles. The van der Waals surface area contributed by atoms with Crippen molar-refractivity contribution in [3.05, 3.63) is 16.1 Å². The van der Waals surface area contributed by atoms with Crippen molar-refractivity contribution in [2.24, 2.45) is 17.8 Å². The standard InChI is InChI=1S/C13H18N2O3S/c1-7-3-9(10(4-7)13(17)18)12(16)15-6-11-14-5-8(2)19-11/h5,7,9-10H,3-4,6H2,1-2H3,(H,15,16)(H,17,18). The summed E-state index contributed by atoms with van der Waals surface area (Å²) in [4.78, 5) is 28.5. The average molecular weight is 282 g/mol. The summed E-state index contributed by atoms with van der Waals surface area (Å²) in [6.07, 6.45) is 3.01. The van der Waals surface area contributed by atoms with Crippen LogP contribution in [-0.2, 0) is 16.1 Å². The maximum Gasteiger partial charge on any atom is 0.307 e. The molecule has 0 radical (unpaired) electrons. The minimum Gasteiger partial charge on any atom is -0.481 e. The van der Waals surface area contributed by atoms with Gasteiger partial charge >= 0.3 is 5.97 Å². The van der Waals surface area contributed by atoms with Crippen molar-refractivity contribution in [2.75, 3.05) is 0 Å². The van der Waals surface area contributed by atoms with Crippen molar-refractivity contribution in [2.45, 2.75) is 33.2 Å². The SMILES string of the molecule is Cc1cnc(CNC(=O)C2CC(C)CC2C(=O)O)s1. The van der Waals surface area contributed by atoms with Crippen LogP contribution in [0.5, 0.6) is 0 Å². The van der Waals surface area contributed by atoms with E-state index in [0.717, 1.165) is 9.88 Å². The lowest BCUT2D eigenvalue weighted by Gasteiger charge is -2.14. The monoisotopic (exact) mass is 282 g/mol. The fraction of sp³-hybridized carbons (Fsp3) is 0.615. The fourth-order valence-corrected chi connectivity index (χ4v) is 3.36. The van der Waals surface area contributed by atoms with E-state index in [4.69, 9.17) is 5.11 Å². The number of carbonyl (C=O) groups excluding carboxylic acids is 1. The van der Waals surface area contributed by atoms with Gasteiger partial charge in [-0.3, -0.25) is 9.59 Å². The molecule has 1 amide bonds. The average Bonchev–Trinajstić information content (AvgIpc) is 2.92. The number of hydrogen-bond donors (Lipinski definition) is 2. The van der Waals surface area contributed by atoms with Crippen LogP contribution in [0.4, 0.5) is 0 Å². The Hall–Kier alpha value is -1.43. The maximum atomic E-state index is 12.1. The Morgan fingerprint density at radius 2 is 2.16 bits per heavy atom. The van der Waals surface area contributed by atoms with Crippen LogP contribution in [0.3, 0.4) is 0 Å². The number of aryl methyl sites for hydroxylation is 1. The smallest absolute Gasteiger partial charge is 0.307 e. The van der Waals surface area contributed by atoms with Gasteiger partial charge in [0.05, 0.1) is 18.4 Å². The van der Waals surface area contributed by atoms with Crippen LogP contribution in [0, 0.1) is 24.7 Å². The van der Waals surface area contributed by atoms with Crippen molar-refractivity contribution >= 4 is 23.2 Å². The number of carbonyl (C=O) groups is 2. The van der Waals surface area contributed by atoms with Crippen molar-refractivity contribution in [1.82, 2.24) is 10.3 Å². The summed E-state index contributed by atoms with van der Waals surface area (Å²) in [5, 5.41) is 12.8. The predicted octanol–water partition coefficient (Wildman–Crippen LogP) is 1.81. The summed E-state index contributed by atoms with van der Waals surface area (Å²) < 4.78 is 0. The minimum absolute atomic E-state index is 0.162. The zero-order chi connectivity index (χ0) is 14.0. The zero-order valence-electron chi connectivity index (χ0n) is 11.0. The predicted molar refractivity (Wildman–Crippen MR) is 71.7 cm³/mol. The molecule has 3 unspecified atom stereocenters. The summed E-state index contributed by atoms with van der Waals surface area (Å²) in [6.45, 7) is 4.34. The van der Waals surface area contributed by atoms with Crippen LogP contribution < -0.4 is 5.32 Å². The topological polar surface area (TPSA) is 79.3 Å². The van der Waals surface area contributed by atoms with Crippen LogP contribution in [0.25, 0.3) is 0 Å². The Labute approximate surface area is 116 Å². The number of nitrogens with zero attached hydrogens (tertiary/aromatic N) is 1. The van der Waals surface area contributed by atoms with Gasteiger partial charge in [-0.1, -0.05) is 6.92 Å². The molecule has 5 nitrogen and oxygen atoms in total. The first-order valence-corrected chi connectivity index (χ1v) is 7.21. The van der Waals surface area contributed by atoms with Crippen LogP contribution in [0.1, 0.15) is 29.7 Å². The van der Waals surface area contributed by atoms with Gasteiger partial charge in [0, 0.05) is 11.1 Å². The maximum absolute atomic E-state index is 12.1. The first kappa shape index (κ1) is 14.0. The molecule has 2 N–H and O–H groups in total. The summed E-state index contributed by atoms with van der Waals surface area (Å²) in [7, 11) is 0. The van der Waals surface area contributed by atoms with E-state index in [1.807, 2.05) is 13.8 Å². The molecular formula is C13H18N2O3S. The molecule has 1 aliphatic rings. The number of hydrogen-bond acceptors (Lipinski definition) is 4. The first-order valence-electron chi connectivity index (χ1n) is 6.39. The van der Waals surface area contributed by atoms with Crippen LogP contribution in [-0.4, -0.2) is 22.0 Å². The highest BCUT2D eigenvalue weighted by molar-refractivity contribution is 7.11. The fourth-order valence-electron chi connectivity index (χ4n) is 2.63. The number of amides is 1. The van der Waals surface area contributed by atoms with Crippen LogP contribution in [0.2, 0.25) is 0 Å². The van der Waals surface area contributed by atoms with Crippen molar-refractivity contribution < 1.29 is 14.7 Å². The second kappa shape index (κ2) is 5.69. The van der Waals surface area contributed by atoms with Crippen LogP contribution in [0.15, 0.2) is 6.20 Å². The number of aromatic nitrogens is 1. The Bertz CT molecular complexity index is 486. The van der Waals surface area contributed by atoms with Gasteiger partial charge in [-0.2, -0.15) is 0 Å². The molecule has 3 atom stereocenters. The lowest BCUT2D eigenvalue weighted by atomic mass is 9.95. The molecule has 1 fully saturated rings. The number of nitrogens with one attached hydrogen (secondary N) is 1. The third-order valence-corrected chi connectivity index (χ3v) is 4.45. The quantitative estimate of drug-likeness (QED) is 0.882. The number of carboxylic acids is 1. The third-order valence-electron chi connectivity index (χ3n) is 3.54. The van der Waals surface area contributed by atoms with Crippen LogP contribution >= 0.6 is 11.3 Å². The summed E-state index contributed by atoms with van der Waals surface area (Å²) in [5.74, 6) is -1.69. The number of thiazole rings is 1. The second-order valence-corrected chi connectivity index (χ2v) is 6.53. The van der Waals surface area contributed by atoms with Gasteiger partial charge in [-0.25, -0.2) is 4.98 Å². The normalized spacial score (nSPS) is 26.3. The van der Waals surface area contributed by atoms with Gasteiger partial charge in [-0.05, 0) is 25.7 Å². The summed E-state index contributed by atoms with van der Waals surface area (Å²) >= 11 is 1.54. The molecule has 1 aromatic rings. The van der Waals surface area contributed by atoms with Crippen molar-refractivity contribution in [3.63, 3.8) is 0 Å². The van der Waals surface area contributed by atoms with E-state index in [-0.39, 0.29) is 5.91 Å². The van der Waals surface area contributed by atoms with Gasteiger partial charge in [0.15, 0.2) is 0 Å². The number of carboxylic acid groups (broad SMARTS) is 1. The van der Waals surface area contributed by atoms with E-state index in [0.29, 0.717) is 25.3 Å². The summed E-state index contributed by atoms with van der Waals surface area (Å²) in [6, 6.07) is 0. The number of rotatable bonds is 4. The van der Waals surface area contributed by atoms with Gasteiger partial charge in [-0.15, -0.1) is 11.3 Å². The molecule has 0 aromatic carbocycles. The molecule has 0 aliphatic heterocycles. The van der Waals surface area contributed by atoms with Gasteiger partial charge in [0.2, 0.25) is 5.91 Å². The minimum atomic E-state index is -0.866. The van der Waals surface area contributed by atoms with Crippen molar-refractivity contribution in [1.29, 1.82) is 0 Å². The van der Waals surface area contributed by atoms with Gasteiger partial charge in [0.25, 0.3) is 0 Å². The highest BCUT2D eigenvalue weighted by atomic mass is 32.1. The molecule has 1 heterocycles. The van der Waals surface area contributed by atoms with E-state index in [1.165, 1.54) is 11.3 Å². The largest absolute Gasteiger partial charge is 0.481 e. The molecule has 1 aliphatic carbocycles. The van der Waals surface area contributed by atoms with E-state index < -0.39 is 17.8 Å². The Balaban J connectivity index is 1.93. The second-order valence-electron chi connectivity index (χ2n) is 5.21. The lowest BCUT2D eigenvalue weighted by molar-refractivity contribution is -0.146. The Morgan fingerprint density at radius 1 is 1.47 bits per heavy atom. The zero-order valence-corrected chi connectivity index (χ0v) is 11.9. The van der Waals surface area contributed by atoms with Crippen molar-refractivity contribution in [3.8, 4) is 0 Å². The Kier molecular flexibility index (Phi) is 4.19. The molecule has 2 rings (SSSR count). The molecular weight excluding hydrogens is 264 g/mol. The van der Waals surface area contributed by atoms with Gasteiger partial charge < -0.3 is 10.4 Å². The molecule has 1 aromatic heterocycles. The highest BCUT2D eigenvalue weighted by Gasteiger charge is 2.41. The third kappa shape index (κ3) is 3.32. The van der Waals surface area contributed by atoms with E-state index in [9.17, 15) is 9.59 Å². The summed E-state index contributed by atoms with van der Waals surface area (Å²) in [5.41, 5.74) is 0. The molecule has 6 heteroatoms. The lowest BCUT2D eigenvalue weighted by Crippen LogP contribution is -2.34. The molecule has 0 spiro atoms. The molecule has 1 saturated carbocycles.